The molecule has 92 valence electrons. The summed E-state index contributed by atoms with van der Waals surface area (Å²) in [7, 11) is 0. The predicted molar refractivity (Wildman–Crippen MR) is 63.0 cm³/mol. The maximum Gasteiger partial charge on any atom is 0.335 e. The molecule has 0 saturated carbocycles. The molecule has 1 atom stereocenters. The average molecular weight is 237 g/mol. The van der Waals surface area contributed by atoms with Crippen LogP contribution in [0.3, 0.4) is 0 Å². The van der Waals surface area contributed by atoms with E-state index in [2.05, 4.69) is 5.32 Å². The molecule has 0 aliphatic carbocycles. The molecular formula is C13H16FNO2. The zero-order valence-corrected chi connectivity index (χ0v) is 9.58. The van der Waals surface area contributed by atoms with Crippen molar-refractivity contribution in [3.8, 4) is 0 Å². The maximum atomic E-state index is 14.4. The molecule has 1 heterocycles. The number of hydrogen-bond acceptors (Lipinski definition) is 2. The number of carbonyl (C=O) groups is 1. The van der Waals surface area contributed by atoms with Crippen LogP contribution < -0.4 is 5.32 Å². The summed E-state index contributed by atoms with van der Waals surface area (Å²) in [5, 5.41) is 12.1. The molecule has 17 heavy (non-hydrogen) atoms. The molecule has 0 radical (unpaired) electrons. The number of rotatable bonds is 3. The first-order valence-corrected chi connectivity index (χ1v) is 5.82. The third-order valence-corrected chi connectivity index (χ3v) is 3.18. The molecule has 4 heteroatoms. The van der Waals surface area contributed by atoms with Gasteiger partial charge in [-0.1, -0.05) is 18.2 Å². The lowest BCUT2D eigenvalue weighted by Gasteiger charge is -2.30. The number of carboxylic acids is 1. The highest BCUT2D eigenvalue weighted by Crippen LogP contribution is 2.27. The van der Waals surface area contributed by atoms with E-state index in [0.29, 0.717) is 18.5 Å². The van der Waals surface area contributed by atoms with Crippen LogP contribution in [0.4, 0.5) is 4.39 Å². The summed E-state index contributed by atoms with van der Waals surface area (Å²) in [5.74, 6) is -0.993. The van der Waals surface area contributed by atoms with Crippen LogP contribution in [-0.4, -0.2) is 29.8 Å². The van der Waals surface area contributed by atoms with E-state index in [-0.39, 0.29) is 12.0 Å². The Labute approximate surface area is 99.7 Å². The van der Waals surface area contributed by atoms with Crippen molar-refractivity contribution in [1.82, 2.24) is 5.32 Å². The molecule has 2 rings (SSSR count). The van der Waals surface area contributed by atoms with E-state index in [9.17, 15) is 9.18 Å². The molecule has 1 aliphatic rings. The summed E-state index contributed by atoms with van der Waals surface area (Å²) < 4.78 is 14.4. The van der Waals surface area contributed by atoms with Gasteiger partial charge in [0.05, 0.1) is 5.56 Å². The smallest absolute Gasteiger partial charge is 0.335 e. The highest BCUT2D eigenvalue weighted by Gasteiger charge is 2.32. The maximum absolute atomic E-state index is 14.4. The van der Waals surface area contributed by atoms with Gasteiger partial charge in [0.25, 0.3) is 0 Å². The van der Waals surface area contributed by atoms with Crippen LogP contribution in [0.25, 0.3) is 0 Å². The molecule has 2 N–H and O–H groups in total. The predicted octanol–water partition coefficient (Wildman–Crippen LogP) is 2.02. The van der Waals surface area contributed by atoms with Crippen molar-refractivity contribution in [2.24, 2.45) is 0 Å². The van der Waals surface area contributed by atoms with Crippen LogP contribution in [0.2, 0.25) is 0 Å². The van der Waals surface area contributed by atoms with Crippen LogP contribution in [0.15, 0.2) is 24.3 Å². The summed E-state index contributed by atoms with van der Waals surface area (Å²) in [4.78, 5) is 11.0. The highest BCUT2D eigenvalue weighted by molar-refractivity contribution is 5.89. The van der Waals surface area contributed by atoms with Crippen LogP contribution in [-0.2, 0) is 6.42 Å². The molecule has 1 aliphatic heterocycles. The third kappa shape index (κ3) is 2.82. The second-order valence-electron chi connectivity index (χ2n) is 4.57. The van der Waals surface area contributed by atoms with Gasteiger partial charge in [0, 0.05) is 13.0 Å². The van der Waals surface area contributed by atoms with Gasteiger partial charge in [0.2, 0.25) is 0 Å². The first-order valence-electron chi connectivity index (χ1n) is 5.82. The Kier molecular flexibility index (Phi) is 3.43. The third-order valence-electron chi connectivity index (χ3n) is 3.18. The molecule has 1 aromatic rings. The Hall–Kier alpha value is -1.42. The number of halogens is 1. The van der Waals surface area contributed by atoms with Gasteiger partial charge in [-0.25, -0.2) is 9.18 Å². The summed E-state index contributed by atoms with van der Waals surface area (Å²) in [5.41, 5.74) is -0.537. The van der Waals surface area contributed by atoms with E-state index >= 15 is 0 Å². The Bertz CT molecular complexity index is 414. The zero-order valence-electron chi connectivity index (χ0n) is 9.58. The van der Waals surface area contributed by atoms with E-state index in [1.165, 1.54) is 6.07 Å². The second-order valence-corrected chi connectivity index (χ2v) is 4.57. The van der Waals surface area contributed by atoms with Gasteiger partial charge in [-0.3, -0.25) is 0 Å². The van der Waals surface area contributed by atoms with Gasteiger partial charge in [0.1, 0.15) is 5.67 Å². The first-order chi connectivity index (χ1) is 8.11. The topological polar surface area (TPSA) is 49.3 Å². The number of nitrogens with one attached hydrogen (secondary N) is 1. The summed E-state index contributed by atoms with van der Waals surface area (Å²) >= 11 is 0. The molecule has 1 aromatic carbocycles. The van der Waals surface area contributed by atoms with Crippen molar-refractivity contribution in [1.29, 1.82) is 0 Å². The fourth-order valence-electron chi connectivity index (χ4n) is 2.31. The zero-order chi connectivity index (χ0) is 12.3. The van der Waals surface area contributed by atoms with Gasteiger partial charge >= 0.3 is 5.97 Å². The number of alkyl halides is 1. The molecule has 0 aromatic heterocycles. The Morgan fingerprint density at radius 3 is 2.88 bits per heavy atom. The number of carboxylic acid groups (broad SMARTS) is 1. The highest BCUT2D eigenvalue weighted by atomic mass is 19.1. The van der Waals surface area contributed by atoms with Gasteiger partial charge in [-0.15, -0.1) is 0 Å². The Morgan fingerprint density at radius 1 is 1.47 bits per heavy atom. The molecular weight excluding hydrogens is 221 g/mol. The normalized spacial score (nSPS) is 24.5. The number of piperidine rings is 1. The monoisotopic (exact) mass is 237 g/mol. The van der Waals surface area contributed by atoms with E-state index in [0.717, 1.165) is 13.0 Å². The van der Waals surface area contributed by atoms with Crippen molar-refractivity contribution in [3.63, 3.8) is 0 Å². The minimum atomic E-state index is -1.32. The molecule has 1 unspecified atom stereocenters. The lowest BCUT2D eigenvalue weighted by molar-refractivity contribution is 0.0693. The van der Waals surface area contributed by atoms with Crippen molar-refractivity contribution >= 4 is 5.97 Å². The van der Waals surface area contributed by atoms with Crippen LogP contribution in [0, 0.1) is 0 Å². The molecule has 1 fully saturated rings. The van der Waals surface area contributed by atoms with Crippen molar-refractivity contribution in [3.05, 3.63) is 35.4 Å². The number of aromatic carboxylic acids is 1. The summed E-state index contributed by atoms with van der Waals surface area (Å²) in [6.45, 7) is 1.15. The van der Waals surface area contributed by atoms with Crippen molar-refractivity contribution in [2.45, 2.75) is 24.9 Å². The standard InChI is InChI=1S/C13H16FNO2/c14-13(6-3-7-15-9-13)8-10-4-1-2-5-11(10)12(16)17/h1-2,4-5,15H,3,6-9H2,(H,16,17). The van der Waals surface area contributed by atoms with E-state index < -0.39 is 11.6 Å². The van der Waals surface area contributed by atoms with E-state index in [4.69, 9.17) is 5.11 Å². The Balaban J connectivity index is 2.20. The SMILES string of the molecule is O=C(O)c1ccccc1CC1(F)CCCNC1. The van der Waals surface area contributed by atoms with E-state index in [1.807, 2.05) is 0 Å². The van der Waals surface area contributed by atoms with Gasteiger partial charge in [-0.2, -0.15) is 0 Å². The molecule has 0 amide bonds. The molecule has 0 spiro atoms. The van der Waals surface area contributed by atoms with E-state index in [1.54, 1.807) is 18.2 Å². The molecule has 0 bridgehead atoms. The fourth-order valence-corrected chi connectivity index (χ4v) is 2.31. The van der Waals surface area contributed by atoms with Crippen LogP contribution in [0.5, 0.6) is 0 Å². The van der Waals surface area contributed by atoms with Crippen molar-refractivity contribution in [2.75, 3.05) is 13.1 Å². The largest absolute Gasteiger partial charge is 0.478 e. The fraction of sp³-hybridized carbons (Fsp3) is 0.462. The lowest BCUT2D eigenvalue weighted by Crippen LogP contribution is -2.44. The molecule has 3 nitrogen and oxygen atoms in total. The van der Waals surface area contributed by atoms with Crippen molar-refractivity contribution < 1.29 is 14.3 Å². The number of hydrogen-bond donors (Lipinski definition) is 2. The van der Waals surface area contributed by atoms with Crippen LogP contribution >= 0.6 is 0 Å². The van der Waals surface area contributed by atoms with Gasteiger partial charge < -0.3 is 10.4 Å². The van der Waals surface area contributed by atoms with Crippen LogP contribution in [0.1, 0.15) is 28.8 Å². The van der Waals surface area contributed by atoms with Gasteiger partial charge in [-0.05, 0) is 31.0 Å². The number of benzene rings is 1. The summed E-state index contributed by atoms with van der Waals surface area (Å²) in [6, 6.07) is 6.63. The Morgan fingerprint density at radius 2 is 2.24 bits per heavy atom. The average Bonchev–Trinajstić information content (AvgIpc) is 2.29. The first kappa shape index (κ1) is 12.0. The molecule has 1 saturated heterocycles. The minimum absolute atomic E-state index is 0.169. The summed E-state index contributed by atoms with van der Waals surface area (Å²) in [6.07, 6.45) is 1.46. The minimum Gasteiger partial charge on any atom is -0.478 e. The quantitative estimate of drug-likeness (QED) is 0.845. The van der Waals surface area contributed by atoms with Gasteiger partial charge in [0.15, 0.2) is 0 Å². The second kappa shape index (κ2) is 4.84. The lowest BCUT2D eigenvalue weighted by atomic mass is 9.87.